The molecule has 2 aromatic carbocycles. The van der Waals surface area contributed by atoms with Crippen LogP contribution in [0.25, 0.3) is 17.1 Å². The van der Waals surface area contributed by atoms with Crippen LogP contribution in [-0.4, -0.2) is 20.5 Å². The number of ketones is 1. The zero-order valence-corrected chi connectivity index (χ0v) is 16.8. The van der Waals surface area contributed by atoms with Crippen LogP contribution in [0.3, 0.4) is 0 Å². The van der Waals surface area contributed by atoms with E-state index in [2.05, 4.69) is 21.0 Å². The van der Waals surface area contributed by atoms with Gasteiger partial charge in [-0.3, -0.25) is 14.9 Å². The quantitative estimate of drug-likeness (QED) is 0.232. The van der Waals surface area contributed by atoms with Gasteiger partial charge in [-0.25, -0.2) is 4.68 Å². The van der Waals surface area contributed by atoms with Crippen molar-refractivity contribution < 1.29 is 14.1 Å². The Hall–Kier alpha value is -3.52. The van der Waals surface area contributed by atoms with Crippen molar-refractivity contribution in [2.24, 2.45) is 0 Å². The molecule has 7 nitrogen and oxygen atoms in total. The highest BCUT2D eigenvalue weighted by Crippen LogP contribution is 2.35. The molecule has 0 atom stereocenters. The first-order valence-corrected chi connectivity index (χ1v) is 9.45. The van der Waals surface area contributed by atoms with Crippen LogP contribution in [0.15, 0.2) is 75.8 Å². The minimum Gasteiger partial charge on any atom is -0.399 e. The van der Waals surface area contributed by atoms with Crippen LogP contribution in [0.5, 0.6) is 0 Å². The van der Waals surface area contributed by atoms with Crippen molar-refractivity contribution in [3.05, 3.63) is 98.1 Å². The lowest BCUT2D eigenvalue weighted by molar-refractivity contribution is -0.401. The third kappa shape index (κ3) is 3.50. The lowest BCUT2D eigenvalue weighted by atomic mass is 10.0. The van der Waals surface area contributed by atoms with Gasteiger partial charge < -0.3 is 4.42 Å². The van der Waals surface area contributed by atoms with Gasteiger partial charge in [-0.05, 0) is 41.1 Å². The molecule has 0 aliphatic carbocycles. The summed E-state index contributed by atoms with van der Waals surface area (Å²) in [5, 5.41) is 15.5. The maximum atomic E-state index is 13.3. The number of aromatic nitrogens is 2. The molecule has 2 heterocycles. The second-order valence-corrected chi connectivity index (χ2v) is 7.10. The summed E-state index contributed by atoms with van der Waals surface area (Å²) in [7, 11) is 0. The third-order valence-corrected chi connectivity index (χ3v) is 5.11. The number of halogens is 1. The number of furan rings is 1. The van der Waals surface area contributed by atoms with Crippen molar-refractivity contribution in [3.63, 3.8) is 0 Å². The Kier molecular flexibility index (Phi) is 4.85. The summed E-state index contributed by atoms with van der Waals surface area (Å²) in [4.78, 5) is 23.7. The zero-order valence-electron chi connectivity index (χ0n) is 15.2. The van der Waals surface area contributed by atoms with Crippen molar-refractivity contribution in [1.29, 1.82) is 0 Å². The van der Waals surface area contributed by atoms with Gasteiger partial charge in [0, 0.05) is 5.56 Å². The molecule has 0 aliphatic rings. The molecular weight excluding hydrogens is 438 g/mol. The Morgan fingerprint density at radius 3 is 2.38 bits per heavy atom. The molecule has 144 valence electrons. The van der Waals surface area contributed by atoms with E-state index in [0.717, 1.165) is 11.3 Å². The average Bonchev–Trinajstić information content (AvgIpc) is 3.34. The van der Waals surface area contributed by atoms with Gasteiger partial charge in [0.15, 0.2) is 11.5 Å². The second-order valence-electron chi connectivity index (χ2n) is 6.35. The van der Waals surface area contributed by atoms with Gasteiger partial charge in [-0.2, -0.15) is 5.10 Å². The number of hydrogen-bond donors (Lipinski definition) is 0. The molecule has 29 heavy (non-hydrogen) atoms. The lowest BCUT2D eigenvalue weighted by Gasteiger charge is -2.04. The predicted octanol–water partition coefficient (Wildman–Crippen LogP) is 5.34. The number of nitro groups is 1. The third-order valence-electron chi connectivity index (χ3n) is 4.38. The van der Waals surface area contributed by atoms with E-state index in [9.17, 15) is 14.9 Å². The van der Waals surface area contributed by atoms with Crippen molar-refractivity contribution >= 4 is 27.6 Å². The van der Waals surface area contributed by atoms with E-state index in [1.807, 2.05) is 49.4 Å². The summed E-state index contributed by atoms with van der Waals surface area (Å²) in [6, 6.07) is 19.1. The van der Waals surface area contributed by atoms with Gasteiger partial charge in [-0.15, -0.1) is 0 Å². The molecule has 4 rings (SSSR count). The Morgan fingerprint density at radius 2 is 1.76 bits per heavy atom. The predicted molar refractivity (Wildman–Crippen MR) is 110 cm³/mol. The topological polar surface area (TPSA) is 91.2 Å². The molecule has 0 aliphatic heterocycles. The first-order valence-electron chi connectivity index (χ1n) is 8.65. The Bertz CT molecular complexity index is 1210. The minimum atomic E-state index is -0.631. The van der Waals surface area contributed by atoms with Gasteiger partial charge in [0.2, 0.25) is 0 Å². The van der Waals surface area contributed by atoms with Crippen LogP contribution in [0, 0.1) is 17.0 Å². The fourth-order valence-electron chi connectivity index (χ4n) is 2.91. The highest BCUT2D eigenvalue weighted by Gasteiger charge is 2.28. The number of nitrogens with zero attached hydrogens (tertiary/aromatic N) is 3. The number of carbonyl (C=O) groups excluding carboxylic acids is 1. The summed E-state index contributed by atoms with van der Waals surface area (Å²) in [5.41, 5.74) is 2.72. The summed E-state index contributed by atoms with van der Waals surface area (Å²) in [6.45, 7) is 1.94. The molecule has 4 aromatic rings. The fraction of sp³-hybridized carbons (Fsp3) is 0.0476. The molecule has 0 N–H and O–H groups in total. The molecule has 0 saturated carbocycles. The van der Waals surface area contributed by atoms with Gasteiger partial charge in [0.05, 0.1) is 17.3 Å². The van der Waals surface area contributed by atoms with Crippen LogP contribution in [-0.2, 0) is 0 Å². The average molecular weight is 452 g/mol. The number of hydrogen-bond acceptors (Lipinski definition) is 5. The molecule has 0 unspecified atom stereocenters. The minimum absolute atomic E-state index is 0.141. The van der Waals surface area contributed by atoms with E-state index < -0.39 is 10.8 Å². The SMILES string of the molecule is Cc1ccc(C(=O)c2c(-c3ccc([N+](=O)[O-])o3)nn(-c3ccccc3)c2Br)cc1. The smallest absolute Gasteiger partial charge is 0.399 e. The zero-order chi connectivity index (χ0) is 20.5. The molecule has 2 aromatic heterocycles. The number of aryl methyl sites for hydroxylation is 1. The monoisotopic (exact) mass is 451 g/mol. The van der Waals surface area contributed by atoms with Crippen LogP contribution < -0.4 is 0 Å². The number of rotatable bonds is 5. The number of para-hydroxylation sites is 1. The van der Waals surface area contributed by atoms with Gasteiger partial charge in [0.1, 0.15) is 15.2 Å². The molecule has 0 fully saturated rings. The molecule has 0 spiro atoms. The van der Waals surface area contributed by atoms with E-state index >= 15 is 0 Å². The van der Waals surface area contributed by atoms with E-state index in [1.165, 1.54) is 12.1 Å². The maximum Gasteiger partial charge on any atom is 0.433 e. The second kappa shape index (κ2) is 7.48. The summed E-state index contributed by atoms with van der Waals surface area (Å²) >= 11 is 3.49. The first kappa shape index (κ1) is 18.8. The molecule has 0 radical (unpaired) electrons. The lowest BCUT2D eigenvalue weighted by Crippen LogP contribution is -2.03. The van der Waals surface area contributed by atoms with Crippen molar-refractivity contribution in [3.8, 4) is 17.1 Å². The van der Waals surface area contributed by atoms with Gasteiger partial charge in [0.25, 0.3) is 0 Å². The first-order chi connectivity index (χ1) is 14.0. The van der Waals surface area contributed by atoms with Crippen LogP contribution in [0.1, 0.15) is 21.5 Å². The standard InChI is InChI=1S/C21H14BrN3O4/c1-13-7-9-14(10-8-13)20(26)18-19(16-11-12-17(29-16)25(27)28)23-24(21(18)22)15-5-3-2-4-6-15/h2-12H,1H3. The van der Waals surface area contributed by atoms with E-state index in [-0.39, 0.29) is 22.8 Å². The summed E-state index contributed by atoms with van der Waals surface area (Å²) < 4.78 is 7.33. The van der Waals surface area contributed by atoms with E-state index in [4.69, 9.17) is 4.42 Å². The van der Waals surface area contributed by atoms with Crippen LogP contribution in [0.2, 0.25) is 0 Å². The summed E-state index contributed by atoms with van der Waals surface area (Å²) in [5.74, 6) is -0.547. The largest absolute Gasteiger partial charge is 0.433 e. The highest BCUT2D eigenvalue weighted by atomic mass is 79.9. The van der Waals surface area contributed by atoms with Gasteiger partial charge >= 0.3 is 5.88 Å². The highest BCUT2D eigenvalue weighted by molar-refractivity contribution is 9.10. The van der Waals surface area contributed by atoms with Crippen molar-refractivity contribution in [2.75, 3.05) is 0 Å². The molecular formula is C21H14BrN3O4. The Labute approximate surface area is 173 Å². The van der Waals surface area contributed by atoms with Crippen LogP contribution >= 0.6 is 15.9 Å². The maximum absolute atomic E-state index is 13.3. The number of carbonyl (C=O) groups is 1. The Balaban J connectivity index is 1.91. The molecule has 0 bridgehead atoms. The van der Waals surface area contributed by atoms with Crippen molar-refractivity contribution in [1.82, 2.24) is 9.78 Å². The van der Waals surface area contributed by atoms with Gasteiger partial charge in [-0.1, -0.05) is 48.0 Å². The van der Waals surface area contributed by atoms with E-state index in [1.54, 1.807) is 16.8 Å². The van der Waals surface area contributed by atoms with Crippen molar-refractivity contribution in [2.45, 2.75) is 6.92 Å². The normalized spacial score (nSPS) is 10.8. The molecule has 8 heteroatoms. The van der Waals surface area contributed by atoms with Crippen LogP contribution in [0.4, 0.5) is 5.88 Å². The fourth-order valence-corrected chi connectivity index (χ4v) is 3.57. The molecule has 0 saturated heterocycles. The molecule has 0 amide bonds. The number of benzene rings is 2. The summed E-state index contributed by atoms with van der Waals surface area (Å²) in [6.07, 6.45) is 0. The van der Waals surface area contributed by atoms with E-state index in [0.29, 0.717) is 10.2 Å². The Morgan fingerprint density at radius 1 is 1.07 bits per heavy atom.